The number of amides is 1. The summed E-state index contributed by atoms with van der Waals surface area (Å²) in [5, 5.41) is 0. The van der Waals surface area contributed by atoms with Gasteiger partial charge in [-0.2, -0.15) is 0 Å². The Morgan fingerprint density at radius 1 is 1.41 bits per heavy atom. The van der Waals surface area contributed by atoms with Crippen molar-refractivity contribution in [1.82, 2.24) is 4.90 Å². The standard InChI is InChI=1S/C13H17BrN2O/c14-13(12(15)17)7-4-8-16(10-13)9-11-5-2-1-3-6-11/h1-3,5-6H,4,7-10H2,(H2,15,17). The quantitative estimate of drug-likeness (QED) is 0.866. The van der Waals surface area contributed by atoms with Crippen LogP contribution in [0.2, 0.25) is 0 Å². The van der Waals surface area contributed by atoms with E-state index in [9.17, 15) is 4.79 Å². The zero-order valence-electron chi connectivity index (χ0n) is 9.73. The number of nitrogens with zero attached hydrogens (tertiary/aromatic N) is 1. The summed E-state index contributed by atoms with van der Waals surface area (Å²) in [6, 6.07) is 10.3. The van der Waals surface area contributed by atoms with Crippen LogP contribution in [0.5, 0.6) is 0 Å². The van der Waals surface area contributed by atoms with Gasteiger partial charge in [0.15, 0.2) is 0 Å². The Morgan fingerprint density at radius 2 is 2.12 bits per heavy atom. The second-order valence-electron chi connectivity index (χ2n) is 4.63. The van der Waals surface area contributed by atoms with Crippen molar-refractivity contribution in [3.63, 3.8) is 0 Å². The van der Waals surface area contributed by atoms with Crippen molar-refractivity contribution in [2.45, 2.75) is 23.7 Å². The second-order valence-corrected chi connectivity index (χ2v) is 6.15. The minimum atomic E-state index is -0.542. The van der Waals surface area contributed by atoms with E-state index >= 15 is 0 Å². The van der Waals surface area contributed by atoms with E-state index in [4.69, 9.17) is 5.73 Å². The first-order valence-corrected chi connectivity index (χ1v) is 6.64. The average Bonchev–Trinajstić information content (AvgIpc) is 2.30. The Labute approximate surface area is 110 Å². The van der Waals surface area contributed by atoms with Gasteiger partial charge in [-0.25, -0.2) is 0 Å². The van der Waals surface area contributed by atoms with E-state index in [1.54, 1.807) is 0 Å². The number of rotatable bonds is 3. The molecule has 92 valence electrons. The van der Waals surface area contributed by atoms with Crippen molar-refractivity contribution in [1.29, 1.82) is 0 Å². The number of alkyl halides is 1. The number of primary amides is 1. The van der Waals surface area contributed by atoms with Crippen molar-refractivity contribution >= 4 is 21.8 Å². The lowest BCUT2D eigenvalue weighted by Gasteiger charge is -2.36. The topological polar surface area (TPSA) is 46.3 Å². The Hall–Kier alpha value is -0.870. The number of nitrogens with two attached hydrogens (primary N) is 1. The number of benzene rings is 1. The zero-order chi connectivity index (χ0) is 12.3. The number of carbonyl (C=O) groups is 1. The lowest BCUT2D eigenvalue weighted by Crippen LogP contribution is -2.51. The maximum absolute atomic E-state index is 11.4. The minimum Gasteiger partial charge on any atom is -0.368 e. The third-order valence-corrected chi connectivity index (χ3v) is 4.25. The highest BCUT2D eigenvalue weighted by molar-refractivity contribution is 9.10. The maximum Gasteiger partial charge on any atom is 0.235 e. The van der Waals surface area contributed by atoms with Crippen LogP contribution >= 0.6 is 15.9 Å². The first-order chi connectivity index (χ1) is 8.10. The van der Waals surface area contributed by atoms with Crippen LogP contribution in [0.25, 0.3) is 0 Å². The number of halogens is 1. The molecule has 1 aromatic rings. The molecule has 1 aliphatic rings. The summed E-state index contributed by atoms with van der Waals surface area (Å²) < 4.78 is -0.542. The Bertz CT molecular complexity index is 396. The van der Waals surface area contributed by atoms with Gasteiger partial charge in [-0.1, -0.05) is 46.3 Å². The van der Waals surface area contributed by atoms with Crippen molar-refractivity contribution in [2.75, 3.05) is 13.1 Å². The molecule has 1 aliphatic heterocycles. The fraction of sp³-hybridized carbons (Fsp3) is 0.462. The minimum absolute atomic E-state index is 0.254. The van der Waals surface area contributed by atoms with Crippen LogP contribution in [-0.4, -0.2) is 28.2 Å². The lowest BCUT2D eigenvalue weighted by atomic mass is 9.97. The third-order valence-electron chi connectivity index (χ3n) is 3.21. The summed E-state index contributed by atoms with van der Waals surface area (Å²) >= 11 is 3.50. The van der Waals surface area contributed by atoms with E-state index in [-0.39, 0.29) is 5.91 Å². The van der Waals surface area contributed by atoms with Crippen molar-refractivity contribution in [3.05, 3.63) is 35.9 Å². The molecule has 0 saturated carbocycles. The molecule has 17 heavy (non-hydrogen) atoms. The molecule has 0 spiro atoms. The van der Waals surface area contributed by atoms with Crippen LogP contribution in [0.15, 0.2) is 30.3 Å². The summed E-state index contributed by atoms with van der Waals surface area (Å²) in [6.45, 7) is 2.59. The molecule has 1 atom stereocenters. The van der Waals surface area contributed by atoms with Gasteiger partial charge < -0.3 is 5.73 Å². The van der Waals surface area contributed by atoms with Gasteiger partial charge in [0, 0.05) is 13.1 Å². The number of carbonyl (C=O) groups excluding carboxylic acids is 1. The average molecular weight is 297 g/mol. The summed E-state index contributed by atoms with van der Waals surface area (Å²) in [5.41, 5.74) is 6.72. The van der Waals surface area contributed by atoms with Gasteiger partial charge in [0.05, 0.1) is 0 Å². The molecule has 1 heterocycles. The van der Waals surface area contributed by atoms with Crippen LogP contribution in [0.4, 0.5) is 0 Å². The Morgan fingerprint density at radius 3 is 2.76 bits per heavy atom. The van der Waals surface area contributed by atoms with Crippen LogP contribution < -0.4 is 5.73 Å². The molecule has 0 bridgehead atoms. The highest BCUT2D eigenvalue weighted by Crippen LogP contribution is 2.30. The molecule has 1 saturated heterocycles. The molecule has 2 N–H and O–H groups in total. The highest BCUT2D eigenvalue weighted by atomic mass is 79.9. The fourth-order valence-corrected chi connectivity index (χ4v) is 2.91. The summed E-state index contributed by atoms with van der Waals surface area (Å²) in [4.78, 5) is 13.7. The van der Waals surface area contributed by atoms with Gasteiger partial charge in [-0.15, -0.1) is 0 Å². The van der Waals surface area contributed by atoms with Crippen LogP contribution in [0, 0.1) is 0 Å². The molecule has 1 amide bonds. The van der Waals surface area contributed by atoms with E-state index < -0.39 is 4.32 Å². The summed E-state index contributed by atoms with van der Waals surface area (Å²) in [7, 11) is 0. The van der Waals surface area contributed by atoms with Crippen LogP contribution in [-0.2, 0) is 11.3 Å². The fourth-order valence-electron chi connectivity index (χ4n) is 2.27. The molecule has 0 radical (unpaired) electrons. The predicted molar refractivity (Wildman–Crippen MR) is 71.8 cm³/mol. The van der Waals surface area contributed by atoms with E-state index in [0.717, 1.165) is 25.9 Å². The van der Waals surface area contributed by atoms with Gasteiger partial charge in [0.1, 0.15) is 4.32 Å². The molecule has 1 fully saturated rings. The third kappa shape index (κ3) is 3.07. The second kappa shape index (κ2) is 5.19. The SMILES string of the molecule is NC(=O)C1(Br)CCCN(Cc2ccccc2)C1. The molecule has 0 aliphatic carbocycles. The Kier molecular flexibility index (Phi) is 3.84. The lowest BCUT2D eigenvalue weighted by molar-refractivity contribution is -0.121. The molecular formula is C13H17BrN2O. The monoisotopic (exact) mass is 296 g/mol. The first kappa shape index (κ1) is 12.6. The zero-order valence-corrected chi connectivity index (χ0v) is 11.3. The molecule has 4 heteroatoms. The molecule has 3 nitrogen and oxygen atoms in total. The highest BCUT2D eigenvalue weighted by Gasteiger charge is 2.38. The summed E-state index contributed by atoms with van der Waals surface area (Å²) in [5.74, 6) is -0.254. The van der Waals surface area contributed by atoms with E-state index in [2.05, 4.69) is 33.0 Å². The van der Waals surface area contributed by atoms with Gasteiger partial charge >= 0.3 is 0 Å². The van der Waals surface area contributed by atoms with Crippen molar-refractivity contribution in [3.8, 4) is 0 Å². The number of likely N-dealkylation sites (tertiary alicyclic amines) is 1. The molecule has 2 rings (SSSR count). The first-order valence-electron chi connectivity index (χ1n) is 5.85. The molecular weight excluding hydrogens is 280 g/mol. The normalized spacial score (nSPS) is 25.7. The smallest absolute Gasteiger partial charge is 0.235 e. The Balaban J connectivity index is 2.01. The van der Waals surface area contributed by atoms with Gasteiger partial charge in [-0.05, 0) is 24.9 Å². The molecule has 0 aromatic heterocycles. The molecule has 1 unspecified atom stereocenters. The van der Waals surface area contributed by atoms with Crippen molar-refractivity contribution in [2.24, 2.45) is 5.73 Å². The van der Waals surface area contributed by atoms with Gasteiger partial charge in [0.2, 0.25) is 5.91 Å². The number of piperidine rings is 1. The maximum atomic E-state index is 11.4. The largest absolute Gasteiger partial charge is 0.368 e. The molecule has 1 aromatic carbocycles. The summed E-state index contributed by atoms with van der Waals surface area (Å²) in [6.07, 6.45) is 1.83. The van der Waals surface area contributed by atoms with Gasteiger partial charge in [0.25, 0.3) is 0 Å². The van der Waals surface area contributed by atoms with E-state index in [1.165, 1.54) is 5.56 Å². The van der Waals surface area contributed by atoms with E-state index in [0.29, 0.717) is 6.54 Å². The van der Waals surface area contributed by atoms with E-state index in [1.807, 2.05) is 18.2 Å². The predicted octanol–water partition coefficient (Wildman–Crippen LogP) is 1.90. The number of hydrogen-bond donors (Lipinski definition) is 1. The number of hydrogen-bond acceptors (Lipinski definition) is 2. The van der Waals surface area contributed by atoms with Crippen molar-refractivity contribution < 1.29 is 4.79 Å². The van der Waals surface area contributed by atoms with Crippen LogP contribution in [0.1, 0.15) is 18.4 Å². The van der Waals surface area contributed by atoms with Gasteiger partial charge in [-0.3, -0.25) is 9.69 Å². The van der Waals surface area contributed by atoms with Crippen LogP contribution in [0.3, 0.4) is 0 Å².